The van der Waals surface area contributed by atoms with Crippen molar-refractivity contribution >= 4 is 29.4 Å². The molecule has 1 atom stereocenters. The maximum Gasteiger partial charge on any atom is 0.340 e. The highest BCUT2D eigenvalue weighted by Gasteiger charge is 2.31. The van der Waals surface area contributed by atoms with Crippen LogP contribution in [0.25, 0.3) is 0 Å². The van der Waals surface area contributed by atoms with Crippen molar-refractivity contribution in [1.82, 2.24) is 4.90 Å². The molecule has 0 aliphatic carbocycles. The highest BCUT2D eigenvalue weighted by Crippen LogP contribution is 2.21. The third-order valence-corrected chi connectivity index (χ3v) is 4.02. The van der Waals surface area contributed by atoms with Crippen molar-refractivity contribution in [3.8, 4) is 0 Å². The first kappa shape index (κ1) is 18.1. The Bertz CT molecular complexity index is 684. The second-order valence-electron chi connectivity index (χ2n) is 5.32. The number of nitrogens with zero attached hydrogens (tertiary/aromatic N) is 1. The van der Waals surface area contributed by atoms with Crippen LogP contribution in [0.1, 0.15) is 29.6 Å². The Labute approximate surface area is 141 Å². The van der Waals surface area contributed by atoms with E-state index in [1.807, 2.05) is 0 Å². The summed E-state index contributed by atoms with van der Waals surface area (Å²) in [4.78, 5) is 36.6. The number of piperidine rings is 1. The van der Waals surface area contributed by atoms with Crippen LogP contribution in [0.2, 0.25) is 5.02 Å². The Kier molecular flexibility index (Phi) is 5.71. The molecule has 0 bridgehead atoms. The van der Waals surface area contributed by atoms with Gasteiger partial charge in [-0.1, -0.05) is 11.6 Å². The van der Waals surface area contributed by atoms with Gasteiger partial charge in [-0.3, -0.25) is 9.59 Å². The number of nitrogens with two attached hydrogens (primary N) is 1. The fraction of sp³-hybridized carbons (Fsp3) is 0.400. The lowest BCUT2D eigenvalue weighted by Crippen LogP contribution is -2.51. The van der Waals surface area contributed by atoms with Gasteiger partial charge < -0.3 is 15.4 Å². The second kappa shape index (κ2) is 7.57. The average Bonchev–Trinajstić information content (AvgIpc) is 2.55. The van der Waals surface area contributed by atoms with Crippen LogP contribution < -0.4 is 5.73 Å². The number of carbonyl (C=O) groups excluding carboxylic acids is 3. The van der Waals surface area contributed by atoms with Crippen LogP contribution in [0.4, 0.5) is 8.78 Å². The first-order valence-corrected chi connectivity index (χ1v) is 7.59. The normalized spacial score (nSPS) is 17.5. The fourth-order valence-corrected chi connectivity index (χ4v) is 2.72. The Balaban J connectivity index is 2.02. The topological polar surface area (TPSA) is 89.7 Å². The Morgan fingerprint density at radius 1 is 1.25 bits per heavy atom. The van der Waals surface area contributed by atoms with E-state index in [0.29, 0.717) is 31.5 Å². The SMILES string of the molecule is NC(=O)[C@@H]1CCCCN1C(=O)COC(=O)c1cc(F)c(F)cc1Cl. The number of carbonyl (C=O) groups is 3. The summed E-state index contributed by atoms with van der Waals surface area (Å²) in [5.74, 6) is -4.75. The van der Waals surface area contributed by atoms with Gasteiger partial charge in [-0.25, -0.2) is 13.6 Å². The minimum Gasteiger partial charge on any atom is -0.452 e. The number of primary amides is 1. The van der Waals surface area contributed by atoms with Crippen LogP contribution in [-0.2, 0) is 14.3 Å². The third kappa shape index (κ3) is 4.00. The van der Waals surface area contributed by atoms with Gasteiger partial charge in [0.25, 0.3) is 5.91 Å². The molecule has 2 rings (SSSR count). The van der Waals surface area contributed by atoms with Crippen molar-refractivity contribution < 1.29 is 27.9 Å². The minimum atomic E-state index is -1.26. The van der Waals surface area contributed by atoms with Crippen LogP contribution in [0.5, 0.6) is 0 Å². The molecule has 24 heavy (non-hydrogen) atoms. The van der Waals surface area contributed by atoms with Gasteiger partial charge in [-0.05, 0) is 31.4 Å². The van der Waals surface area contributed by atoms with Gasteiger partial charge >= 0.3 is 5.97 Å². The van der Waals surface area contributed by atoms with E-state index in [2.05, 4.69) is 0 Å². The molecule has 1 heterocycles. The standard InChI is InChI=1S/C15H15ClF2N2O4/c16-9-6-11(18)10(17)5-8(9)15(23)24-7-13(21)20-4-2-1-3-12(20)14(19)22/h5-6,12H,1-4,7H2,(H2,19,22)/t12-/m0/s1. The smallest absolute Gasteiger partial charge is 0.340 e. The second-order valence-corrected chi connectivity index (χ2v) is 5.73. The van der Waals surface area contributed by atoms with Crippen molar-refractivity contribution in [2.45, 2.75) is 25.3 Å². The quantitative estimate of drug-likeness (QED) is 0.653. The van der Waals surface area contributed by atoms with Crippen LogP contribution in [0.15, 0.2) is 12.1 Å². The zero-order valence-electron chi connectivity index (χ0n) is 12.6. The van der Waals surface area contributed by atoms with Crippen LogP contribution >= 0.6 is 11.6 Å². The number of amides is 2. The molecule has 1 saturated heterocycles. The molecule has 0 unspecified atom stereocenters. The van der Waals surface area contributed by atoms with Gasteiger partial charge in [0.2, 0.25) is 5.91 Å². The van der Waals surface area contributed by atoms with Crippen LogP contribution in [-0.4, -0.2) is 41.9 Å². The Morgan fingerprint density at radius 2 is 1.92 bits per heavy atom. The first-order valence-electron chi connectivity index (χ1n) is 7.21. The van der Waals surface area contributed by atoms with Crippen molar-refractivity contribution in [1.29, 1.82) is 0 Å². The number of benzene rings is 1. The summed E-state index contributed by atoms with van der Waals surface area (Å²) in [6.45, 7) is -0.326. The lowest BCUT2D eigenvalue weighted by atomic mass is 10.0. The predicted molar refractivity (Wildman–Crippen MR) is 80.2 cm³/mol. The first-order chi connectivity index (χ1) is 11.3. The molecule has 1 aromatic carbocycles. The van der Waals surface area contributed by atoms with E-state index in [1.165, 1.54) is 4.90 Å². The molecule has 1 aliphatic rings. The maximum atomic E-state index is 13.2. The summed E-state index contributed by atoms with van der Waals surface area (Å²) in [7, 11) is 0. The van der Waals surface area contributed by atoms with E-state index < -0.39 is 47.6 Å². The fourth-order valence-electron chi connectivity index (χ4n) is 2.49. The zero-order chi connectivity index (χ0) is 17.9. The summed E-state index contributed by atoms with van der Waals surface area (Å²) in [6.07, 6.45) is 1.92. The van der Waals surface area contributed by atoms with Crippen LogP contribution in [0, 0.1) is 11.6 Å². The molecule has 0 radical (unpaired) electrons. The van der Waals surface area contributed by atoms with E-state index in [0.717, 1.165) is 6.42 Å². The molecule has 1 aliphatic heterocycles. The van der Waals surface area contributed by atoms with Gasteiger partial charge in [0, 0.05) is 6.54 Å². The molecular formula is C15H15ClF2N2O4. The van der Waals surface area contributed by atoms with Gasteiger partial charge in [-0.15, -0.1) is 0 Å². The van der Waals surface area contributed by atoms with E-state index in [-0.39, 0.29) is 5.02 Å². The average molecular weight is 361 g/mol. The molecule has 2 amide bonds. The summed E-state index contributed by atoms with van der Waals surface area (Å²) >= 11 is 5.66. The highest BCUT2D eigenvalue weighted by atomic mass is 35.5. The summed E-state index contributed by atoms with van der Waals surface area (Å²) in [6, 6.07) is 0.498. The van der Waals surface area contributed by atoms with Gasteiger partial charge in [0.15, 0.2) is 18.2 Å². The van der Waals surface area contributed by atoms with Crippen molar-refractivity contribution in [2.24, 2.45) is 5.73 Å². The van der Waals surface area contributed by atoms with E-state index in [9.17, 15) is 23.2 Å². The van der Waals surface area contributed by atoms with Crippen molar-refractivity contribution in [2.75, 3.05) is 13.2 Å². The van der Waals surface area contributed by atoms with Gasteiger partial charge in [0.1, 0.15) is 6.04 Å². The number of hydrogen-bond acceptors (Lipinski definition) is 4. The number of likely N-dealkylation sites (tertiary alicyclic amines) is 1. The summed E-state index contributed by atoms with van der Waals surface area (Å²) in [5.41, 5.74) is 4.86. The lowest BCUT2D eigenvalue weighted by Gasteiger charge is -2.33. The van der Waals surface area contributed by atoms with E-state index in [4.69, 9.17) is 22.1 Å². The molecule has 9 heteroatoms. The number of rotatable bonds is 4. The van der Waals surface area contributed by atoms with Crippen LogP contribution in [0.3, 0.4) is 0 Å². The molecule has 0 spiro atoms. The molecule has 0 aromatic heterocycles. The summed E-state index contributed by atoms with van der Waals surface area (Å²) < 4.78 is 31.0. The van der Waals surface area contributed by atoms with Gasteiger partial charge in [-0.2, -0.15) is 0 Å². The van der Waals surface area contributed by atoms with Crippen molar-refractivity contribution in [3.05, 3.63) is 34.4 Å². The largest absolute Gasteiger partial charge is 0.452 e. The number of hydrogen-bond donors (Lipinski definition) is 1. The molecule has 1 aromatic rings. The van der Waals surface area contributed by atoms with E-state index >= 15 is 0 Å². The van der Waals surface area contributed by atoms with Crippen molar-refractivity contribution in [3.63, 3.8) is 0 Å². The summed E-state index contributed by atoms with van der Waals surface area (Å²) in [5, 5.41) is -0.334. The highest BCUT2D eigenvalue weighted by molar-refractivity contribution is 6.33. The zero-order valence-corrected chi connectivity index (χ0v) is 13.3. The Morgan fingerprint density at radius 3 is 2.58 bits per heavy atom. The number of ether oxygens (including phenoxy) is 1. The number of esters is 1. The maximum absolute atomic E-state index is 13.2. The molecule has 2 N–H and O–H groups in total. The minimum absolute atomic E-state index is 0.329. The number of halogens is 3. The van der Waals surface area contributed by atoms with Gasteiger partial charge in [0.05, 0.1) is 10.6 Å². The molecule has 0 saturated carbocycles. The molecule has 1 fully saturated rings. The third-order valence-electron chi connectivity index (χ3n) is 3.71. The Hall–Kier alpha value is -2.22. The monoisotopic (exact) mass is 360 g/mol. The predicted octanol–water partition coefficient (Wildman–Crippen LogP) is 1.64. The lowest BCUT2D eigenvalue weighted by molar-refractivity contribution is -0.143. The molecular weight excluding hydrogens is 346 g/mol. The molecule has 130 valence electrons. The van der Waals surface area contributed by atoms with E-state index in [1.54, 1.807) is 0 Å². The molecule has 6 nitrogen and oxygen atoms in total.